The lowest BCUT2D eigenvalue weighted by molar-refractivity contribution is -0.109. The van der Waals surface area contributed by atoms with Crippen molar-refractivity contribution < 1.29 is 6.22 Å². The predicted molar refractivity (Wildman–Crippen MR) is 58.7 cm³/mol. The van der Waals surface area contributed by atoms with Crippen LogP contribution in [0.15, 0.2) is 12.2 Å². The van der Waals surface area contributed by atoms with Crippen molar-refractivity contribution in [3.63, 3.8) is 0 Å². The standard InChI is InChI=1S/C11H21NO.H2/c1-2-3-4-5-6-7-8-9-10-12-11-13;/h8-9,11H,2-7,10H2,1H3,(H,12,13);1H/b9-8+;. The molecular weight excluding hydrogens is 162 g/mol. The Labute approximate surface area is 82.9 Å². The molecule has 2 nitrogen and oxygen atoms in total. The van der Waals surface area contributed by atoms with Crippen molar-refractivity contribution in [3.05, 3.63) is 12.2 Å². The largest absolute Gasteiger partial charge is 0.355 e. The fourth-order valence-electron chi connectivity index (χ4n) is 1.18. The van der Waals surface area contributed by atoms with E-state index in [1.165, 1.54) is 32.1 Å². The van der Waals surface area contributed by atoms with Gasteiger partial charge in [0.05, 0.1) is 0 Å². The van der Waals surface area contributed by atoms with Crippen LogP contribution in [0.5, 0.6) is 0 Å². The van der Waals surface area contributed by atoms with Gasteiger partial charge in [0.2, 0.25) is 6.41 Å². The lowest BCUT2D eigenvalue weighted by Gasteiger charge is -1.95. The van der Waals surface area contributed by atoms with Crippen LogP contribution in [0.3, 0.4) is 0 Å². The first-order valence-electron chi connectivity index (χ1n) is 5.23. The fraction of sp³-hybridized carbons (Fsp3) is 0.727. The number of allylic oxidation sites excluding steroid dienone is 1. The van der Waals surface area contributed by atoms with E-state index in [-0.39, 0.29) is 1.43 Å². The van der Waals surface area contributed by atoms with E-state index in [2.05, 4.69) is 18.3 Å². The van der Waals surface area contributed by atoms with E-state index in [4.69, 9.17) is 0 Å². The highest BCUT2D eigenvalue weighted by atomic mass is 16.1. The Morgan fingerprint density at radius 2 is 1.92 bits per heavy atom. The van der Waals surface area contributed by atoms with Crippen LogP contribution in [0.25, 0.3) is 0 Å². The first kappa shape index (κ1) is 12.2. The lowest BCUT2D eigenvalue weighted by Crippen LogP contribution is -2.09. The first-order chi connectivity index (χ1) is 6.41. The van der Waals surface area contributed by atoms with E-state index < -0.39 is 0 Å². The molecule has 0 radical (unpaired) electrons. The topological polar surface area (TPSA) is 29.1 Å². The first-order valence-corrected chi connectivity index (χ1v) is 5.23. The van der Waals surface area contributed by atoms with E-state index in [1.54, 1.807) is 0 Å². The molecule has 0 aromatic carbocycles. The average molecular weight is 185 g/mol. The van der Waals surface area contributed by atoms with Gasteiger partial charge in [-0.05, 0) is 12.8 Å². The van der Waals surface area contributed by atoms with Gasteiger partial charge >= 0.3 is 0 Å². The Hall–Kier alpha value is -0.790. The van der Waals surface area contributed by atoms with Crippen molar-refractivity contribution in [2.24, 2.45) is 0 Å². The summed E-state index contributed by atoms with van der Waals surface area (Å²) in [6, 6.07) is 0. The van der Waals surface area contributed by atoms with Crippen molar-refractivity contribution >= 4 is 6.41 Å². The minimum atomic E-state index is 0. The molecule has 0 atom stereocenters. The predicted octanol–water partition coefficient (Wildman–Crippen LogP) is 2.90. The molecule has 0 aromatic heterocycles. The zero-order valence-corrected chi connectivity index (χ0v) is 8.59. The normalized spacial score (nSPS) is 10.5. The van der Waals surface area contributed by atoms with Crippen LogP contribution in [0.2, 0.25) is 0 Å². The zero-order valence-electron chi connectivity index (χ0n) is 8.59. The van der Waals surface area contributed by atoms with Crippen LogP contribution in [0.4, 0.5) is 0 Å². The molecular formula is C11H23NO. The summed E-state index contributed by atoms with van der Waals surface area (Å²) in [4.78, 5) is 9.87. The summed E-state index contributed by atoms with van der Waals surface area (Å²) in [6.07, 6.45) is 12.6. The molecule has 2 heteroatoms. The van der Waals surface area contributed by atoms with Crippen LogP contribution in [0, 0.1) is 0 Å². The van der Waals surface area contributed by atoms with E-state index >= 15 is 0 Å². The number of unbranched alkanes of at least 4 members (excludes halogenated alkanes) is 5. The van der Waals surface area contributed by atoms with E-state index in [0.717, 1.165) is 12.8 Å². The molecule has 0 spiro atoms. The number of amides is 1. The van der Waals surface area contributed by atoms with E-state index in [9.17, 15) is 4.79 Å². The molecule has 0 aromatic rings. The Bertz CT molecular complexity index is 137. The molecule has 0 unspecified atom stereocenters. The summed E-state index contributed by atoms with van der Waals surface area (Å²) < 4.78 is 0. The van der Waals surface area contributed by atoms with Crippen molar-refractivity contribution in [1.29, 1.82) is 0 Å². The van der Waals surface area contributed by atoms with E-state index in [0.29, 0.717) is 6.54 Å². The summed E-state index contributed by atoms with van der Waals surface area (Å²) in [5.74, 6) is 0. The van der Waals surface area contributed by atoms with Gasteiger partial charge in [-0.25, -0.2) is 0 Å². The minimum Gasteiger partial charge on any atom is -0.355 e. The third-order valence-electron chi connectivity index (χ3n) is 1.96. The Morgan fingerprint density at radius 3 is 2.62 bits per heavy atom. The van der Waals surface area contributed by atoms with Gasteiger partial charge in [0.1, 0.15) is 0 Å². The molecule has 0 aliphatic carbocycles. The van der Waals surface area contributed by atoms with Crippen LogP contribution in [0.1, 0.15) is 46.9 Å². The highest BCUT2D eigenvalue weighted by Crippen LogP contribution is 2.04. The molecule has 78 valence electrons. The van der Waals surface area contributed by atoms with Gasteiger partial charge in [-0.1, -0.05) is 44.8 Å². The van der Waals surface area contributed by atoms with Crippen molar-refractivity contribution in [2.45, 2.75) is 45.4 Å². The van der Waals surface area contributed by atoms with Crippen molar-refractivity contribution in [2.75, 3.05) is 6.54 Å². The summed E-state index contributed by atoms with van der Waals surface area (Å²) in [7, 11) is 0. The molecule has 0 heterocycles. The number of hydrogen-bond donors (Lipinski definition) is 1. The van der Waals surface area contributed by atoms with Gasteiger partial charge in [-0.2, -0.15) is 0 Å². The number of carbonyl (C=O) groups is 1. The maximum Gasteiger partial charge on any atom is 0.207 e. The van der Waals surface area contributed by atoms with Gasteiger partial charge in [-0.3, -0.25) is 4.79 Å². The Morgan fingerprint density at radius 1 is 1.15 bits per heavy atom. The second kappa shape index (κ2) is 11.2. The molecule has 1 amide bonds. The zero-order chi connectivity index (χ0) is 9.78. The van der Waals surface area contributed by atoms with Gasteiger partial charge in [0.15, 0.2) is 0 Å². The smallest absolute Gasteiger partial charge is 0.207 e. The monoisotopic (exact) mass is 185 g/mol. The maximum absolute atomic E-state index is 9.87. The molecule has 0 aliphatic heterocycles. The molecule has 0 saturated heterocycles. The number of carbonyl (C=O) groups excluding carboxylic acids is 1. The quantitative estimate of drug-likeness (QED) is 0.334. The number of rotatable bonds is 9. The third kappa shape index (κ3) is 11.2. The molecule has 0 fully saturated rings. The van der Waals surface area contributed by atoms with Gasteiger partial charge in [0.25, 0.3) is 0 Å². The molecule has 0 saturated carbocycles. The van der Waals surface area contributed by atoms with Crippen molar-refractivity contribution in [3.8, 4) is 0 Å². The second-order valence-electron chi connectivity index (χ2n) is 3.20. The molecule has 13 heavy (non-hydrogen) atoms. The Balaban J connectivity index is 0. The third-order valence-corrected chi connectivity index (χ3v) is 1.96. The maximum atomic E-state index is 9.87. The lowest BCUT2D eigenvalue weighted by atomic mass is 10.1. The summed E-state index contributed by atoms with van der Waals surface area (Å²) in [5, 5.41) is 2.59. The average Bonchev–Trinajstić information content (AvgIpc) is 2.16. The molecule has 0 bridgehead atoms. The Kier molecular flexibility index (Phi) is 10.5. The SMILES string of the molecule is CCCCCCC/C=C/CNC=O.[HH]. The highest BCUT2D eigenvalue weighted by molar-refractivity contribution is 5.46. The summed E-state index contributed by atoms with van der Waals surface area (Å²) >= 11 is 0. The molecule has 1 N–H and O–H groups in total. The summed E-state index contributed by atoms with van der Waals surface area (Å²) in [5.41, 5.74) is 0. The van der Waals surface area contributed by atoms with Crippen LogP contribution in [-0.4, -0.2) is 13.0 Å². The van der Waals surface area contributed by atoms with Gasteiger partial charge < -0.3 is 5.32 Å². The second-order valence-corrected chi connectivity index (χ2v) is 3.20. The van der Waals surface area contributed by atoms with Crippen LogP contribution >= 0.6 is 0 Å². The van der Waals surface area contributed by atoms with E-state index in [1.807, 2.05) is 6.08 Å². The van der Waals surface area contributed by atoms with Crippen LogP contribution < -0.4 is 5.32 Å². The fourth-order valence-corrected chi connectivity index (χ4v) is 1.18. The van der Waals surface area contributed by atoms with Crippen molar-refractivity contribution in [1.82, 2.24) is 5.32 Å². The number of hydrogen-bond acceptors (Lipinski definition) is 1. The highest BCUT2D eigenvalue weighted by Gasteiger charge is 1.85. The van der Waals surface area contributed by atoms with Crippen LogP contribution in [-0.2, 0) is 4.79 Å². The summed E-state index contributed by atoms with van der Waals surface area (Å²) in [6.45, 7) is 2.89. The molecule has 0 rings (SSSR count). The number of nitrogens with one attached hydrogen (secondary N) is 1. The van der Waals surface area contributed by atoms with Gasteiger partial charge in [0, 0.05) is 7.97 Å². The minimum absolute atomic E-state index is 0. The molecule has 0 aliphatic rings. The van der Waals surface area contributed by atoms with Gasteiger partial charge in [-0.15, -0.1) is 0 Å².